The molecule has 0 radical (unpaired) electrons. The molecule has 5 aromatic rings. The molecule has 0 saturated heterocycles. The molecular weight excluding hydrogens is 486 g/mol. The second kappa shape index (κ2) is 8.89. The molecule has 0 saturated carbocycles. The number of imide groups is 1. The van der Waals surface area contributed by atoms with Crippen molar-refractivity contribution in [1.29, 1.82) is 0 Å². The fraction of sp³-hybridized carbons (Fsp3) is 0.0303. The lowest BCUT2D eigenvalue weighted by molar-refractivity contribution is 0.0925. The average molecular weight is 510 g/mol. The third kappa shape index (κ3) is 3.35. The number of anilines is 7. The first-order valence-corrected chi connectivity index (χ1v) is 12.7. The molecule has 0 atom stereocenters. The normalized spacial score (nSPS) is 13.7. The van der Waals surface area contributed by atoms with Crippen LogP contribution in [0.4, 0.5) is 39.8 Å². The van der Waals surface area contributed by atoms with E-state index in [1.165, 1.54) is 12.0 Å². The maximum atomic E-state index is 14.1. The topological polar surface area (TPSA) is 53.1 Å². The number of fused-ring (bicyclic) bond motifs is 3. The highest BCUT2D eigenvalue weighted by molar-refractivity contribution is 6.36. The van der Waals surface area contributed by atoms with Gasteiger partial charge in [0.15, 0.2) is 0 Å². The molecule has 6 heteroatoms. The van der Waals surface area contributed by atoms with Gasteiger partial charge in [0.25, 0.3) is 11.8 Å². The molecule has 0 bridgehead atoms. The summed E-state index contributed by atoms with van der Waals surface area (Å²) in [5.74, 6) is -0.290. The summed E-state index contributed by atoms with van der Waals surface area (Å²) in [5.41, 5.74) is 6.59. The molecule has 0 N–H and O–H groups in total. The van der Waals surface area contributed by atoms with E-state index < -0.39 is 0 Å². The van der Waals surface area contributed by atoms with Gasteiger partial charge in [0.2, 0.25) is 0 Å². The van der Waals surface area contributed by atoms with Crippen molar-refractivity contribution < 1.29 is 14.3 Å². The Bertz CT molecular complexity index is 1720. The van der Waals surface area contributed by atoms with Crippen LogP contribution in [0.15, 0.2) is 121 Å². The van der Waals surface area contributed by atoms with E-state index in [4.69, 9.17) is 4.74 Å². The highest BCUT2D eigenvalue weighted by Crippen LogP contribution is 2.55. The first kappa shape index (κ1) is 22.8. The molecule has 5 aromatic carbocycles. The Labute approximate surface area is 225 Å². The van der Waals surface area contributed by atoms with Crippen molar-refractivity contribution >= 4 is 51.6 Å². The summed E-state index contributed by atoms with van der Waals surface area (Å²) in [6.07, 6.45) is 0. The van der Waals surface area contributed by atoms with Gasteiger partial charge in [-0.1, -0.05) is 60.7 Å². The fourth-order valence-corrected chi connectivity index (χ4v) is 5.55. The van der Waals surface area contributed by atoms with E-state index in [9.17, 15) is 9.59 Å². The zero-order chi connectivity index (χ0) is 26.5. The van der Waals surface area contributed by atoms with Gasteiger partial charge in [-0.3, -0.25) is 9.59 Å². The first-order chi connectivity index (χ1) is 19.2. The first-order valence-electron chi connectivity index (χ1n) is 12.7. The highest BCUT2D eigenvalue weighted by atomic mass is 16.5. The number of rotatable bonds is 4. The van der Waals surface area contributed by atoms with Crippen LogP contribution in [0, 0.1) is 0 Å². The van der Waals surface area contributed by atoms with E-state index in [0.717, 1.165) is 28.4 Å². The van der Waals surface area contributed by atoms with Crippen LogP contribution in [0.3, 0.4) is 0 Å². The van der Waals surface area contributed by atoms with Gasteiger partial charge in [-0.05, 0) is 60.7 Å². The maximum Gasteiger partial charge on any atom is 0.268 e. The standard InChI is InChI=1S/C33H23N3O3/c1-39-30-21-10-9-19-28(30)36-32(37)23-14-11-20-29(31(23)33(36)38)35-26-17-7-5-15-24(26)34(22-12-3-2-4-13-22)25-16-6-8-18-27(25)35/h2-21H,1H3. The Morgan fingerprint density at radius 1 is 0.462 bits per heavy atom. The lowest BCUT2D eigenvalue weighted by Crippen LogP contribution is -2.30. The van der Waals surface area contributed by atoms with E-state index >= 15 is 0 Å². The number of methoxy groups -OCH3 is 1. The molecule has 2 aliphatic rings. The van der Waals surface area contributed by atoms with E-state index in [0.29, 0.717) is 28.3 Å². The molecule has 2 amide bonds. The highest BCUT2D eigenvalue weighted by Gasteiger charge is 2.42. The van der Waals surface area contributed by atoms with E-state index in [2.05, 4.69) is 34.1 Å². The number of amides is 2. The summed E-state index contributed by atoms with van der Waals surface area (Å²) in [7, 11) is 1.53. The van der Waals surface area contributed by atoms with Crippen LogP contribution in [0.5, 0.6) is 5.75 Å². The molecule has 7 rings (SSSR count). The van der Waals surface area contributed by atoms with E-state index in [1.54, 1.807) is 24.3 Å². The van der Waals surface area contributed by atoms with Crippen LogP contribution >= 0.6 is 0 Å². The zero-order valence-electron chi connectivity index (χ0n) is 21.1. The third-order valence-corrected chi connectivity index (χ3v) is 7.20. The van der Waals surface area contributed by atoms with Gasteiger partial charge in [0.1, 0.15) is 5.75 Å². The number of benzene rings is 5. The second-order valence-corrected chi connectivity index (χ2v) is 9.30. The van der Waals surface area contributed by atoms with Gasteiger partial charge >= 0.3 is 0 Å². The Balaban J connectivity index is 1.44. The van der Waals surface area contributed by atoms with Gasteiger partial charge in [-0.2, -0.15) is 0 Å². The molecule has 0 fully saturated rings. The van der Waals surface area contributed by atoms with Gasteiger partial charge in [0.05, 0.1) is 52.4 Å². The minimum absolute atomic E-state index is 0.365. The van der Waals surface area contributed by atoms with Crippen LogP contribution in [-0.4, -0.2) is 18.9 Å². The number of para-hydroxylation sites is 7. The summed E-state index contributed by atoms with van der Waals surface area (Å²) >= 11 is 0. The Kier molecular flexibility index (Phi) is 5.20. The van der Waals surface area contributed by atoms with Crippen molar-refractivity contribution in [3.63, 3.8) is 0 Å². The molecule has 2 heterocycles. The monoisotopic (exact) mass is 509 g/mol. The molecule has 188 valence electrons. The summed E-state index contributed by atoms with van der Waals surface area (Å²) < 4.78 is 5.48. The third-order valence-electron chi connectivity index (χ3n) is 7.20. The summed E-state index contributed by atoms with van der Waals surface area (Å²) in [6, 6.07) is 38.9. The van der Waals surface area contributed by atoms with Gasteiger partial charge < -0.3 is 14.5 Å². The van der Waals surface area contributed by atoms with Crippen LogP contribution < -0.4 is 19.4 Å². The molecule has 0 aliphatic carbocycles. The van der Waals surface area contributed by atoms with E-state index in [-0.39, 0.29) is 11.8 Å². The van der Waals surface area contributed by atoms with Crippen molar-refractivity contribution in [2.75, 3.05) is 21.8 Å². The number of carbonyl (C=O) groups excluding carboxylic acids is 2. The molecule has 2 aliphatic heterocycles. The largest absolute Gasteiger partial charge is 0.495 e. The molecular formula is C33H23N3O3. The number of nitrogens with zero attached hydrogens (tertiary/aromatic N) is 3. The summed E-state index contributed by atoms with van der Waals surface area (Å²) in [4.78, 5) is 33.2. The maximum absolute atomic E-state index is 14.1. The lowest BCUT2D eigenvalue weighted by atomic mass is 10.0. The smallest absolute Gasteiger partial charge is 0.268 e. The van der Waals surface area contributed by atoms with Crippen molar-refractivity contribution in [1.82, 2.24) is 0 Å². The number of ether oxygens (including phenoxy) is 1. The number of carbonyl (C=O) groups is 2. The van der Waals surface area contributed by atoms with E-state index in [1.807, 2.05) is 72.8 Å². The Morgan fingerprint density at radius 2 is 0.974 bits per heavy atom. The van der Waals surface area contributed by atoms with Crippen LogP contribution in [-0.2, 0) is 0 Å². The number of hydrogen-bond acceptors (Lipinski definition) is 5. The summed E-state index contributed by atoms with van der Waals surface area (Å²) in [5, 5.41) is 0. The predicted octanol–water partition coefficient (Wildman–Crippen LogP) is 7.75. The minimum atomic E-state index is -0.379. The molecule has 0 aromatic heterocycles. The fourth-order valence-electron chi connectivity index (χ4n) is 5.55. The van der Waals surface area contributed by atoms with Crippen molar-refractivity contribution in [2.24, 2.45) is 0 Å². The second-order valence-electron chi connectivity index (χ2n) is 9.30. The van der Waals surface area contributed by atoms with Gasteiger partial charge in [-0.25, -0.2) is 4.90 Å². The minimum Gasteiger partial charge on any atom is -0.495 e. The SMILES string of the molecule is COc1ccccc1N1C(=O)c2cccc(N3c4ccccc4N(c4ccccc4)c4ccccc43)c2C1=O. The van der Waals surface area contributed by atoms with Crippen molar-refractivity contribution in [2.45, 2.75) is 0 Å². The quantitative estimate of drug-likeness (QED) is 0.228. The predicted molar refractivity (Wildman–Crippen MR) is 153 cm³/mol. The molecule has 0 unspecified atom stereocenters. The van der Waals surface area contributed by atoms with Crippen LogP contribution in [0.1, 0.15) is 20.7 Å². The van der Waals surface area contributed by atoms with Gasteiger partial charge in [-0.15, -0.1) is 0 Å². The van der Waals surface area contributed by atoms with Crippen molar-refractivity contribution in [3.05, 3.63) is 132 Å². The van der Waals surface area contributed by atoms with Crippen molar-refractivity contribution in [3.8, 4) is 5.75 Å². The van der Waals surface area contributed by atoms with Crippen LogP contribution in [0.2, 0.25) is 0 Å². The van der Waals surface area contributed by atoms with Crippen LogP contribution in [0.25, 0.3) is 0 Å². The van der Waals surface area contributed by atoms with Gasteiger partial charge in [0, 0.05) is 5.69 Å². The zero-order valence-corrected chi connectivity index (χ0v) is 21.1. The number of hydrogen-bond donors (Lipinski definition) is 0. The molecule has 39 heavy (non-hydrogen) atoms. The Hall–Kier alpha value is -5.36. The summed E-state index contributed by atoms with van der Waals surface area (Å²) in [6.45, 7) is 0. The molecule has 0 spiro atoms. The average Bonchev–Trinajstić information content (AvgIpc) is 3.25. The Morgan fingerprint density at radius 3 is 1.59 bits per heavy atom. The lowest BCUT2D eigenvalue weighted by Gasteiger charge is -2.40. The molecule has 6 nitrogen and oxygen atoms in total.